The van der Waals surface area contributed by atoms with Crippen molar-refractivity contribution in [1.29, 1.82) is 0 Å². The lowest BCUT2D eigenvalue weighted by molar-refractivity contribution is 0.122. The first-order valence-electron chi connectivity index (χ1n) is 8.50. The fourth-order valence-electron chi connectivity index (χ4n) is 2.72. The van der Waals surface area contributed by atoms with E-state index in [1.807, 2.05) is 6.07 Å². The molecule has 1 aliphatic rings. The molecule has 1 N–H and O–H groups in total. The van der Waals surface area contributed by atoms with Crippen molar-refractivity contribution in [3.63, 3.8) is 0 Å². The van der Waals surface area contributed by atoms with Gasteiger partial charge in [0.1, 0.15) is 18.0 Å². The molecule has 2 aromatic rings. The van der Waals surface area contributed by atoms with Crippen LogP contribution in [0.5, 0.6) is 0 Å². The van der Waals surface area contributed by atoms with Gasteiger partial charge in [-0.25, -0.2) is 9.97 Å². The molecule has 0 aliphatic carbocycles. The average molecular weight is 326 g/mol. The highest BCUT2D eigenvalue weighted by atomic mass is 16.5. The van der Waals surface area contributed by atoms with Gasteiger partial charge in [0.2, 0.25) is 0 Å². The summed E-state index contributed by atoms with van der Waals surface area (Å²) in [5.41, 5.74) is 2.78. The number of morpholine rings is 1. The van der Waals surface area contributed by atoms with E-state index in [1.165, 1.54) is 11.1 Å². The molecule has 0 unspecified atom stereocenters. The summed E-state index contributed by atoms with van der Waals surface area (Å²) in [7, 11) is 0. The van der Waals surface area contributed by atoms with Crippen molar-refractivity contribution in [2.24, 2.45) is 0 Å². The van der Waals surface area contributed by atoms with Crippen LogP contribution < -0.4 is 10.2 Å². The van der Waals surface area contributed by atoms with Crippen LogP contribution in [0.3, 0.4) is 0 Å². The molecule has 0 amide bonds. The number of rotatable bonds is 4. The SMILES string of the molecule is CC(C)(C)c1ccc(CNc2cc(N3CCOCC3)ncn2)cc1. The fourth-order valence-corrected chi connectivity index (χ4v) is 2.72. The maximum Gasteiger partial charge on any atom is 0.134 e. The van der Waals surface area contributed by atoms with Gasteiger partial charge in [0.05, 0.1) is 13.2 Å². The van der Waals surface area contributed by atoms with Gasteiger partial charge in [0.15, 0.2) is 0 Å². The molecule has 0 spiro atoms. The molecule has 1 saturated heterocycles. The maximum absolute atomic E-state index is 5.39. The first-order valence-corrected chi connectivity index (χ1v) is 8.50. The molecule has 1 aromatic heterocycles. The Hall–Kier alpha value is -2.14. The van der Waals surface area contributed by atoms with Crippen LogP contribution in [0.25, 0.3) is 0 Å². The molecule has 5 heteroatoms. The van der Waals surface area contributed by atoms with E-state index in [0.717, 1.165) is 44.5 Å². The van der Waals surface area contributed by atoms with Gasteiger partial charge in [-0.15, -0.1) is 0 Å². The Morgan fingerprint density at radius 1 is 1.08 bits per heavy atom. The van der Waals surface area contributed by atoms with Crippen molar-refractivity contribution < 1.29 is 4.74 Å². The first-order chi connectivity index (χ1) is 11.5. The lowest BCUT2D eigenvalue weighted by Crippen LogP contribution is -2.36. The first kappa shape index (κ1) is 16.7. The summed E-state index contributed by atoms with van der Waals surface area (Å²) in [6, 6.07) is 10.8. The number of benzene rings is 1. The number of ether oxygens (including phenoxy) is 1. The summed E-state index contributed by atoms with van der Waals surface area (Å²) in [5.74, 6) is 1.81. The Bertz CT molecular complexity index is 658. The zero-order valence-electron chi connectivity index (χ0n) is 14.7. The second kappa shape index (κ2) is 7.18. The predicted molar refractivity (Wildman–Crippen MR) is 97.5 cm³/mol. The standard InChI is InChI=1S/C19H26N4O/c1-19(2,3)16-6-4-15(5-7-16)13-20-17-12-18(22-14-21-17)23-8-10-24-11-9-23/h4-7,12,14H,8-11,13H2,1-3H3,(H,20,21,22). The van der Waals surface area contributed by atoms with Crippen molar-refractivity contribution in [2.45, 2.75) is 32.7 Å². The van der Waals surface area contributed by atoms with Crippen LogP contribution >= 0.6 is 0 Å². The van der Waals surface area contributed by atoms with E-state index in [0.29, 0.717) is 0 Å². The van der Waals surface area contributed by atoms with Crippen molar-refractivity contribution in [1.82, 2.24) is 9.97 Å². The summed E-state index contributed by atoms with van der Waals surface area (Å²) in [5, 5.41) is 3.39. The fraction of sp³-hybridized carbons (Fsp3) is 0.474. The number of hydrogen-bond donors (Lipinski definition) is 1. The highest BCUT2D eigenvalue weighted by Crippen LogP contribution is 2.22. The second-order valence-corrected chi connectivity index (χ2v) is 7.16. The van der Waals surface area contributed by atoms with Crippen LogP contribution in [0.2, 0.25) is 0 Å². The van der Waals surface area contributed by atoms with Gasteiger partial charge in [0, 0.05) is 25.7 Å². The normalized spacial score (nSPS) is 15.4. The largest absolute Gasteiger partial charge is 0.378 e. The molecule has 0 bridgehead atoms. The molecule has 0 saturated carbocycles. The Labute approximate surface area is 144 Å². The summed E-state index contributed by atoms with van der Waals surface area (Å²) in [6.45, 7) is 10.7. The quantitative estimate of drug-likeness (QED) is 0.935. The van der Waals surface area contributed by atoms with E-state index in [2.05, 4.69) is 65.2 Å². The third-order valence-corrected chi connectivity index (χ3v) is 4.28. The molecule has 1 aliphatic heterocycles. The summed E-state index contributed by atoms with van der Waals surface area (Å²) >= 11 is 0. The van der Waals surface area contributed by atoms with Crippen molar-refractivity contribution in [3.05, 3.63) is 47.8 Å². The Kier molecular flexibility index (Phi) is 5.00. The maximum atomic E-state index is 5.39. The minimum atomic E-state index is 0.186. The molecule has 128 valence electrons. The molecule has 1 aromatic carbocycles. The Morgan fingerprint density at radius 2 is 1.79 bits per heavy atom. The van der Waals surface area contributed by atoms with Crippen LogP contribution in [-0.4, -0.2) is 36.3 Å². The lowest BCUT2D eigenvalue weighted by Gasteiger charge is -2.27. The molecule has 0 radical (unpaired) electrons. The Morgan fingerprint density at radius 3 is 2.46 bits per heavy atom. The molecule has 2 heterocycles. The summed E-state index contributed by atoms with van der Waals surface area (Å²) < 4.78 is 5.39. The summed E-state index contributed by atoms with van der Waals surface area (Å²) in [6.07, 6.45) is 1.62. The smallest absolute Gasteiger partial charge is 0.134 e. The molecule has 1 fully saturated rings. The van der Waals surface area contributed by atoms with Crippen LogP contribution in [0.1, 0.15) is 31.9 Å². The number of hydrogen-bond acceptors (Lipinski definition) is 5. The van der Waals surface area contributed by atoms with Crippen molar-refractivity contribution in [2.75, 3.05) is 36.5 Å². The number of nitrogens with zero attached hydrogens (tertiary/aromatic N) is 3. The van der Waals surface area contributed by atoms with Gasteiger partial charge < -0.3 is 15.0 Å². The van der Waals surface area contributed by atoms with E-state index in [1.54, 1.807) is 6.33 Å². The highest BCUT2D eigenvalue weighted by molar-refractivity contribution is 5.49. The third kappa shape index (κ3) is 4.23. The molecular formula is C19H26N4O. The van der Waals surface area contributed by atoms with Crippen LogP contribution in [-0.2, 0) is 16.7 Å². The monoisotopic (exact) mass is 326 g/mol. The molecular weight excluding hydrogens is 300 g/mol. The molecule has 3 rings (SSSR count). The van der Waals surface area contributed by atoms with E-state index >= 15 is 0 Å². The molecule has 0 atom stereocenters. The van der Waals surface area contributed by atoms with Crippen LogP contribution in [0.15, 0.2) is 36.7 Å². The van der Waals surface area contributed by atoms with Crippen LogP contribution in [0.4, 0.5) is 11.6 Å². The zero-order valence-corrected chi connectivity index (χ0v) is 14.7. The predicted octanol–water partition coefficient (Wildman–Crippen LogP) is 3.22. The lowest BCUT2D eigenvalue weighted by atomic mass is 9.87. The average Bonchev–Trinajstić information content (AvgIpc) is 2.61. The van der Waals surface area contributed by atoms with Crippen molar-refractivity contribution >= 4 is 11.6 Å². The minimum absolute atomic E-state index is 0.186. The van der Waals surface area contributed by atoms with Gasteiger partial charge in [-0.05, 0) is 16.5 Å². The number of nitrogens with one attached hydrogen (secondary N) is 1. The van der Waals surface area contributed by atoms with E-state index in [9.17, 15) is 0 Å². The van der Waals surface area contributed by atoms with Gasteiger partial charge >= 0.3 is 0 Å². The highest BCUT2D eigenvalue weighted by Gasteiger charge is 2.14. The van der Waals surface area contributed by atoms with E-state index in [-0.39, 0.29) is 5.41 Å². The van der Waals surface area contributed by atoms with Gasteiger partial charge in [0.25, 0.3) is 0 Å². The van der Waals surface area contributed by atoms with Crippen molar-refractivity contribution in [3.8, 4) is 0 Å². The van der Waals surface area contributed by atoms with Gasteiger partial charge in [-0.2, -0.15) is 0 Å². The summed E-state index contributed by atoms with van der Waals surface area (Å²) in [4.78, 5) is 10.9. The van der Waals surface area contributed by atoms with Gasteiger partial charge in [-0.1, -0.05) is 45.0 Å². The second-order valence-electron chi connectivity index (χ2n) is 7.16. The molecule has 24 heavy (non-hydrogen) atoms. The zero-order chi connectivity index (χ0) is 17.0. The third-order valence-electron chi connectivity index (χ3n) is 4.28. The van der Waals surface area contributed by atoms with E-state index < -0.39 is 0 Å². The minimum Gasteiger partial charge on any atom is -0.378 e. The number of aromatic nitrogens is 2. The Balaban J connectivity index is 1.62. The molecule has 5 nitrogen and oxygen atoms in total. The van der Waals surface area contributed by atoms with E-state index in [4.69, 9.17) is 4.74 Å². The van der Waals surface area contributed by atoms with Gasteiger partial charge in [-0.3, -0.25) is 0 Å². The number of anilines is 2. The van der Waals surface area contributed by atoms with Crippen LogP contribution in [0, 0.1) is 0 Å². The topological polar surface area (TPSA) is 50.3 Å².